The van der Waals surface area contributed by atoms with Crippen LogP contribution in [0.4, 0.5) is 0 Å². The minimum atomic E-state index is -3.19. The van der Waals surface area contributed by atoms with Gasteiger partial charge < -0.3 is 5.32 Å². The van der Waals surface area contributed by atoms with Crippen molar-refractivity contribution in [2.75, 3.05) is 13.1 Å². The third-order valence-electron chi connectivity index (χ3n) is 3.96. The largest absolute Gasteiger partial charge is 0.316 e. The summed E-state index contributed by atoms with van der Waals surface area (Å²) in [7, 11) is -3.19. The van der Waals surface area contributed by atoms with Crippen LogP contribution in [-0.4, -0.2) is 32.8 Å². The highest BCUT2D eigenvalue weighted by atomic mass is 32.2. The van der Waals surface area contributed by atoms with Crippen LogP contribution in [0.25, 0.3) is 0 Å². The van der Waals surface area contributed by atoms with E-state index in [0.29, 0.717) is 12.5 Å². The molecule has 0 aromatic rings. The number of hydrogen-bond donors (Lipinski definition) is 2. The fourth-order valence-corrected chi connectivity index (χ4v) is 3.94. The molecule has 3 unspecified atom stereocenters. The summed E-state index contributed by atoms with van der Waals surface area (Å²) in [5.74, 6) is 0.514. The molecule has 3 atom stereocenters. The van der Waals surface area contributed by atoms with Gasteiger partial charge >= 0.3 is 0 Å². The average Bonchev–Trinajstić information content (AvgIpc) is 2.36. The summed E-state index contributed by atoms with van der Waals surface area (Å²) >= 11 is 0. The van der Waals surface area contributed by atoms with Crippen LogP contribution in [-0.2, 0) is 10.0 Å². The Kier molecular flexibility index (Phi) is 6.60. The molecule has 108 valence electrons. The molecule has 1 aliphatic carbocycles. The summed E-state index contributed by atoms with van der Waals surface area (Å²) in [4.78, 5) is 0. The molecule has 0 radical (unpaired) electrons. The van der Waals surface area contributed by atoms with Gasteiger partial charge in [-0.3, -0.25) is 0 Å². The van der Waals surface area contributed by atoms with Crippen LogP contribution >= 0.6 is 0 Å². The molecule has 5 heteroatoms. The van der Waals surface area contributed by atoms with Crippen molar-refractivity contribution in [3.8, 4) is 0 Å². The van der Waals surface area contributed by atoms with E-state index in [1.54, 1.807) is 6.92 Å². The van der Waals surface area contributed by atoms with E-state index in [-0.39, 0.29) is 11.3 Å². The SMILES string of the molecule is CCNCC(C)S(=O)(=O)NC1CCCCC1CC. The lowest BCUT2D eigenvalue weighted by Gasteiger charge is -2.32. The van der Waals surface area contributed by atoms with Crippen LogP contribution in [0.5, 0.6) is 0 Å². The zero-order valence-electron chi connectivity index (χ0n) is 11.9. The lowest BCUT2D eigenvalue weighted by molar-refractivity contribution is 0.281. The van der Waals surface area contributed by atoms with Gasteiger partial charge in [0.1, 0.15) is 0 Å². The molecule has 0 bridgehead atoms. The van der Waals surface area contributed by atoms with Crippen molar-refractivity contribution >= 4 is 10.0 Å². The normalized spacial score (nSPS) is 27.1. The second-order valence-electron chi connectivity index (χ2n) is 5.34. The van der Waals surface area contributed by atoms with Crippen LogP contribution in [0.3, 0.4) is 0 Å². The molecule has 0 aromatic heterocycles. The summed E-state index contributed by atoms with van der Waals surface area (Å²) in [5.41, 5.74) is 0. The number of hydrogen-bond acceptors (Lipinski definition) is 3. The smallest absolute Gasteiger partial charge is 0.215 e. The molecule has 1 fully saturated rings. The first-order valence-corrected chi connectivity index (χ1v) is 8.77. The lowest BCUT2D eigenvalue weighted by Crippen LogP contribution is -2.47. The van der Waals surface area contributed by atoms with Gasteiger partial charge in [-0.1, -0.05) is 33.1 Å². The second-order valence-corrected chi connectivity index (χ2v) is 7.47. The van der Waals surface area contributed by atoms with Crippen LogP contribution < -0.4 is 10.0 Å². The molecule has 1 saturated carbocycles. The summed E-state index contributed by atoms with van der Waals surface area (Å²) in [6, 6.07) is 0.151. The predicted molar refractivity (Wildman–Crippen MR) is 76.1 cm³/mol. The molecule has 1 aliphatic rings. The fourth-order valence-electron chi connectivity index (χ4n) is 2.64. The molecule has 4 nitrogen and oxygen atoms in total. The Labute approximate surface area is 112 Å². The molecule has 2 N–H and O–H groups in total. The van der Waals surface area contributed by atoms with Crippen molar-refractivity contribution in [2.45, 2.75) is 64.2 Å². The van der Waals surface area contributed by atoms with E-state index in [9.17, 15) is 8.42 Å². The van der Waals surface area contributed by atoms with Gasteiger partial charge in [0.2, 0.25) is 10.0 Å². The van der Waals surface area contributed by atoms with Gasteiger partial charge in [0.25, 0.3) is 0 Å². The molecule has 0 heterocycles. The quantitative estimate of drug-likeness (QED) is 0.746. The Morgan fingerprint density at radius 3 is 2.50 bits per heavy atom. The van der Waals surface area contributed by atoms with Crippen molar-refractivity contribution in [3.05, 3.63) is 0 Å². The Morgan fingerprint density at radius 2 is 1.89 bits per heavy atom. The molecule has 18 heavy (non-hydrogen) atoms. The molecular weight excluding hydrogens is 248 g/mol. The minimum absolute atomic E-state index is 0.151. The summed E-state index contributed by atoms with van der Waals surface area (Å²) in [6.07, 6.45) is 5.60. The van der Waals surface area contributed by atoms with Gasteiger partial charge in [0.05, 0.1) is 5.25 Å². The predicted octanol–water partition coefficient (Wildman–Crippen LogP) is 1.87. The molecule has 0 spiro atoms. The van der Waals surface area contributed by atoms with E-state index in [1.165, 1.54) is 6.42 Å². The fraction of sp³-hybridized carbons (Fsp3) is 1.00. The van der Waals surface area contributed by atoms with E-state index < -0.39 is 10.0 Å². The van der Waals surface area contributed by atoms with Gasteiger partial charge in [-0.2, -0.15) is 0 Å². The molecule has 0 aromatic carbocycles. The third kappa shape index (κ3) is 4.52. The highest BCUT2D eigenvalue weighted by Crippen LogP contribution is 2.27. The Hall–Kier alpha value is -0.130. The maximum atomic E-state index is 12.2. The molecule has 1 rings (SSSR count). The number of sulfonamides is 1. The van der Waals surface area contributed by atoms with Crippen molar-refractivity contribution in [3.63, 3.8) is 0 Å². The van der Waals surface area contributed by atoms with Gasteiger partial charge in [-0.15, -0.1) is 0 Å². The third-order valence-corrected chi connectivity index (χ3v) is 5.82. The van der Waals surface area contributed by atoms with Crippen molar-refractivity contribution in [1.29, 1.82) is 0 Å². The summed E-state index contributed by atoms with van der Waals surface area (Å²) in [6.45, 7) is 7.24. The highest BCUT2D eigenvalue weighted by Gasteiger charge is 2.30. The van der Waals surface area contributed by atoms with Crippen LogP contribution in [0, 0.1) is 5.92 Å². The highest BCUT2D eigenvalue weighted by molar-refractivity contribution is 7.90. The Balaban J connectivity index is 2.57. The monoisotopic (exact) mass is 276 g/mol. The molecule has 0 aliphatic heterocycles. The Morgan fingerprint density at radius 1 is 1.22 bits per heavy atom. The standard InChI is InChI=1S/C13H28N2O2S/c1-4-12-8-6-7-9-13(12)15-18(16,17)11(3)10-14-5-2/h11-15H,4-10H2,1-3H3. The van der Waals surface area contributed by atoms with Crippen LogP contribution in [0.15, 0.2) is 0 Å². The maximum Gasteiger partial charge on any atom is 0.215 e. The number of rotatable bonds is 7. The molecular formula is C13H28N2O2S. The topological polar surface area (TPSA) is 58.2 Å². The van der Waals surface area contributed by atoms with Gasteiger partial charge in [-0.25, -0.2) is 13.1 Å². The van der Waals surface area contributed by atoms with E-state index >= 15 is 0 Å². The summed E-state index contributed by atoms with van der Waals surface area (Å²) < 4.78 is 27.4. The van der Waals surface area contributed by atoms with Crippen molar-refractivity contribution in [1.82, 2.24) is 10.0 Å². The second kappa shape index (κ2) is 7.46. The number of nitrogens with one attached hydrogen (secondary N) is 2. The average molecular weight is 276 g/mol. The molecule has 0 amide bonds. The van der Waals surface area contributed by atoms with E-state index in [1.807, 2.05) is 6.92 Å². The van der Waals surface area contributed by atoms with Crippen molar-refractivity contribution in [2.24, 2.45) is 5.92 Å². The minimum Gasteiger partial charge on any atom is -0.316 e. The first-order valence-electron chi connectivity index (χ1n) is 7.23. The summed E-state index contributed by atoms with van der Waals surface area (Å²) in [5, 5.41) is 2.73. The first kappa shape index (κ1) is 15.9. The first-order chi connectivity index (χ1) is 8.51. The van der Waals surface area contributed by atoms with Gasteiger partial charge in [0, 0.05) is 12.6 Å². The Bertz CT molecular complexity index is 330. The van der Waals surface area contributed by atoms with Gasteiger partial charge in [-0.05, 0) is 32.2 Å². The van der Waals surface area contributed by atoms with Crippen molar-refractivity contribution < 1.29 is 8.42 Å². The zero-order valence-corrected chi connectivity index (χ0v) is 12.7. The lowest BCUT2D eigenvalue weighted by atomic mass is 9.83. The van der Waals surface area contributed by atoms with Crippen LogP contribution in [0.2, 0.25) is 0 Å². The van der Waals surface area contributed by atoms with E-state index in [2.05, 4.69) is 17.0 Å². The van der Waals surface area contributed by atoms with E-state index in [4.69, 9.17) is 0 Å². The zero-order chi connectivity index (χ0) is 13.6. The maximum absolute atomic E-state index is 12.2. The molecule has 0 saturated heterocycles. The van der Waals surface area contributed by atoms with Gasteiger partial charge in [0.15, 0.2) is 0 Å². The van der Waals surface area contributed by atoms with E-state index in [0.717, 1.165) is 32.2 Å². The van der Waals surface area contributed by atoms with Crippen LogP contribution in [0.1, 0.15) is 52.9 Å².